The number of benzene rings is 2. The Hall–Kier alpha value is -3.02. The van der Waals surface area contributed by atoms with E-state index in [1.807, 2.05) is 29.2 Å². The summed E-state index contributed by atoms with van der Waals surface area (Å²) in [5, 5.41) is 0. The van der Waals surface area contributed by atoms with Crippen LogP contribution in [0.1, 0.15) is 18.4 Å². The molecule has 1 aliphatic rings. The first-order valence-corrected chi connectivity index (χ1v) is 9.08. The summed E-state index contributed by atoms with van der Waals surface area (Å²) < 4.78 is 18.9. The Balaban J connectivity index is 1.31. The molecule has 27 heavy (non-hydrogen) atoms. The van der Waals surface area contributed by atoms with Gasteiger partial charge in [0.05, 0.1) is 23.7 Å². The number of carbonyl (C=O) groups excluding carboxylic acids is 1. The number of nitrogens with zero attached hydrogens (tertiary/aromatic N) is 3. The maximum Gasteiger partial charge on any atom is 0.233 e. The number of carbonyl (C=O) groups is 1. The molecule has 1 aromatic heterocycles. The molecule has 1 amide bonds. The number of aromatic nitrogens is 2. The van der Waals surface area contributed by atoms with Crippen LogP contribution in [0.4, 0.5) is 4.39 Å². The first-order valence-electron chi connectivity index (χ1n) is 9.08. The van der Waals surface area contributed by atoms with Crippen molar-refractivity contribution in [2.45, 2.75) is 25.4 Å². The summed E-state index contributed by atoms with van der Waals surface area (Å²) in [6, 6.07) is 13.7. The first-order chi connectivity index (χ1) is 13.2. The van der Waals surface area contributed by atoms with E-state index in [1.165, 1.54) is 12.1 Å². The van der Waals surface area contributed by atoms with Crippen LogP contribution < -0.4 is 4.74 Å². The quantitative estimate of drug-likeness (QED) is 0.711. The molecule has 6 heteroatoms. The highest BCUT2D eigenvalue weighted by Gasteiger charge is 2.24. The van der Waals surface area contributed by atoms with E-state index >= 15 is 0 Å². The van der Waals surface area contributed by atoms with Gasteiger partial charge in [0.25, 0.3) is 0 Å². The van der Waals surface area contributed by atoms with Crippen molar-refractivity contribution in [1.82, 2.24) is 14.9 Å². The number of halogens is 1. The zero-order valence-corrected chi connectivity index (χ0v) is 14.8. The lowest BCUT2D eigenvalue weighted by Crippen LogP contribution is -2.42. The molecule has 1 fully saturated rings. The van der Waals surface area contributed by atoms with E-state index in [9.17, 15) is 9.18 Å². The average Bonchev–Trinajstić information content (AvgIpc) is 2.70. The van der Waals surface area contributed by atoms with Gasteiger partial charge in [0.2, 0.25) is 11.8 Å². The van der Waals surface area contributed by atoms with E-state index in [4.69, 9.17) is 4.74 Å². The van der Waals surface area contributed by atoms with E-state index in [1.54, 1.807) is 18.3 Å². The fourth-order valence-electron chi connectivity index (χ4n) is 3.28. The summed E-state index contributed by atoms with van der Waals surface area (Å²) in [5.74, 6) is 0.288. The minimum absolute atomic E-state index is 0.0235. The van der Waals surface area contributed by atoms with Gasteiger partial charge in [-0.15, -0.1) is 0 Å². The third-order valence-corrected chi connectivity index (χ3v) is 4.78. The van der Waals surface area contributed by atoms with Crippen molar-refractivity contribution in [2.75, 3.05) is 13.1 Å². The molecular formula is C21H20FN3O2. The maximum absolute atomic E-state index is 13.0. The molecule has 0 spiro atoms. The van der Waals surface area contributed by atoms with Crippen LogP contribution in [0.15, 0.2) is 54.7 Å². The van der Waals surface area contributed by atoms with Crippen molar-refractivity contribution in [2.24, 2.45) is 0 Å². The highest BCUT2D eigenvalue weighted by molar-refractivity contribution is 5.78. The van der Waals surface area contributed by atoms with Gasteiger partial charge < -0.3 is 9.64 Å². The van der Waals surface area contributed by atoms with E-state index in [2.05, 4.69) is 9.97 Å². The Bertz CT molecular complexity index is 938. The molecule has 2 heterocycles. The van der Waals surface area contributed by atoms with Gasteiger partial charge in [-0.05, 0) is 29.8 Å². The van der Waals surface area contributed by atoms with Crippen LogP contribution in [0.25, 0.3) is 11.0 Å². The Morgan fingerprint density at radius 2 is 1.78 bits per heavy atom. The van der Waals surface area contributed by atoms with E-state index < -0.39 is 0 Å². The molecule has 5 nitrogen and oxygen atoms in total. The molecule has 138 valence electrons. The predicted molar refractivity (Wildman–Crippen MR) is 99.9 cm³/mol. The Morgan fingerprint density at radius 3 is 2.52 bits per heavy atom. The van der Waals surface area contributed by atoms with Crippen LogP contribution in [-0.2, 0) is 11.2 Å². The number of rotatable bonds is 4. The summed E-state index contributed by atoms with van der Waals surface area (Å²) >= 11 is 0. The molecule has 0 atom stereocenters. The van der Waals surface area contributed by atoms with Gasteiger partial charge in [-0.2, -0.15) is 0 Å². The molecule has 1 aliphatic heterocycles. The summed E-state index contributed by atoms with van der Waals surface area (Å²) in [7, 11) is 0. The summed E-state index contributed by atoms with van der Waals surface area (Å²) in [4.78, 5) is 23.1. The number of likely N-dealkylation sites (tertiary alicyclic amines) is 1. The van der Waals surface area contributed by atoms with Gasteiger partial charge in [0.15, 0.2) is 0 Å². The molecule has 0 N–H and O–H groups in total. The fourth-order valence-corrected chi connectivity index (χ4v) is 3.28. The lowest BCUT2D eigenvalue weighted by Gasteiger charge is -2.32. The van der Waals surface area contributed by atoms with Gasteiger partial charge in [-0.1, -0.05) is 24.3 Å². The number of fused-ring (bicyclic) bond motifs is 1. The zero-order chi connectivity index (χ0) is 18.6. The standard InChI is InChI=1S/C21H20FN3O2/c22-16-7-5-15(6-8-16)13-21(26)25-11-9-17(10-12-25)27-20-14-23-18-3-1-2-4-19(18)24-20/h1-8,14,17H,9-13H2. The van der Waals surface area contributed by atoms with Crippen LogP contribution in [-0.4, -0.2) is 40.0 Å². The number of hydrogen-bond acceptors (Lipinski definition) is 4. The molecule has 0 unspecified atom stereocenters. The second-order valence-electron chi connectivity index (χ2n) is 6.70. The molecule has 0 radical (unpaired) electrons. The number of para-hydroxylation sites is 2. The van der Waals surface area contributed by atoms with E-state index in [0.29, 0.717) is 25.4 Å². The van der Waals surface area contributed by atoms with E-state index in [0.717, 1.165) is 29.4 Å². The molecule has 0 aliphatic carbocycles. The van der Waals surface area contributed by atoms with Crippen LogP contribution >= 0.6 is 0 Å². The summed E-state index contributed by atoms with van der Waals surface area (Å²) in [6.07, 6.45) is 3.47. The van der Waals surface area contributed by atoms with Crippen molar-refractivity contribution >= 4 is 16.9 Å². The predicted octanol–water partition coefficient (Wildman–Crippen LogP) is 3.38. The van der Waals surface area contributed by atoms with Crippen LogP contribution in [0.5, 0.6) is 5.88 Å². The van der Waals surface area contributed by atoms with Crippen molar-refractivity contribution in [3.63, 3.8) is 0 Å². The Morgan fingerprint density at radius 1 is 1.07 bits per heavy atom. The molecule has 1 saturated heterocycles. The number of piperidine rings is 1. The van der Waals surface area contributed by atoms with Crippen LogP contribution in [0, 0.1) is 5.82 Å². The number of ether oxygens (including phenoxy) is 1. The average molecular weight is 365 g/mol. The highest BCUT2D eigenvalue weighted by atomic mass is 19.1. The first kappa shape index (κ1) is 17.4. The maximum atomic E-state index is 13.0. The van der Waals surface area contributed by atoms with Crippen molar-refractivity contribution < 1.29 is 13.9 Å². The van der Waals surface area contributed by atoms with Gasteiger partial charge in [0.1, 0.15) is 11.9 Å². The summed E-state index contributed by atoms with van der Waals surface area (Å²) in [6.45, 7) is 1.29. The highest BCUT2D eigenvalue weighted by Crippen LogP contribution is 2.19. The number of hydrogen-bond donors (Lipinski definition) is 0. The largest absolute Gasteiger partial charge is 0.473 e. The monoisotopic (exact) mass is 365 g/mol. The topological polar surface area (TPSA) is 55.3 Å². The van der Waals surface area contributed by atoms with Gasteiger partial charge >= 0.3 is 0 Å². The lowest BCUT2D eigenvalue weighted by molar-refractivity contribution is -0.132. The Labute approximate surface area is 156 Å². The molecule has 4 rings (SSSR count). The van der Waals surface area contributed by atoms with Crippen molar-refractivity contribution in [3.05, 3.63) is 66.1 Å². The van der Waals surface area contributed by atoms with Crippen LogP contribution in [0.2, 0.25) is 0 Å². The SMILES string of the molecule is O=C(Cc1ccc(F)cc1)N1CCC(Oc2cnc3ccccc3n2)CC1. The van der Waals surface area contributed by atoms with E-state index in [-0.39, 0.29) is 17.8 Å². The molecule has 0 saturated carbocycles. The smallest absolute Gasteiger partial charge is 0.233 e. The lowest BCUT2D eigenvalue weighted by atomic mass is 10.1. The van der Waals surface area contributed by atoms with Gasteiger partial charge in [-0.25, -0.2) is 14.4 Å². The van der Waals surface area contributed by atoms with Gasteiger partial charge in [0, 0.05) is 25.9 Å². The normalized spacial score (nSPS) is 15.1. The second-order valence-corrected chi connectivity index (χ2v) is 6.70. The zero-order valence-electron chi connectivity index (χ0n) is 14.8. The third kappa shape index (κ3) is 4.22. The fraction of sp³-hybridized carbons (Fsp3) is 0.286. The third-order valence-electron chi connectivity index (χ3n) is 4.78. The van der Waals surface area contributed by atoms with Crippen molar-refractivity contribution in [1.29, 1.82) is 0 Å². The summed E-state index contributed by atoms with van der Waals surface area (Å²) in [5.41, 5.74) is 2.47. The second kappa shape index (κ2) is 7.70. The minimum Gasteiger partial charge on any atom is -0.473 e. The molecule has 2 aromatic carbocycles. The Kier molecular flexibility index (Phi) is 4.96. The molecule has 0 bridgehead atoms. The van der Waals surface area contributed by atoms with Gasteiger partial charge in [-0.3, -0.25) is 4.79 Å². The molecular weight excluding hydrogens is 345 g/mol. The number of amides is 1. The minimum atomic E-state index is -0.291. The molecule has 3 aromatic rings. The van der Waals surface area contributed by atoms with Crippen molar-refractivity contribution in [3.8, 4) is 5.88 Å². The van der Waals surface area contributed by atoms with Crippen LogP contribution in [0.3, 0.4) is 0 Å².